The Labute approximate surface area is 154 Å². The normalized spacial score (nSPS) is 16.0. The quantitative estimate of drug-likeness (QED) is 0.747. The van der Waals surface area contributed by atoms with Gasteiger partial charge in [-0.15, -0.1) is 0 Å². The van der Waals surface area contributed by atoms with Crippen LogP contribution in [0.15, 0.2) is 24.5 Å². The number of aryl methyl sites for hydroxylation is 1. The second-order valence-corrected chi connectivity index (χ2v) is 6.61. The molecule has 1 unspecified atom stereocenters. The van der Waals surface area contributed by atoms with Gasteiger partial charge in [0.2, 0.25) is 5.88 Å². The number of aromatic nitrogens is 3. The molecule has 0 saturated carbocycles. The zero-order chi connectivity index (χ0) is 18.4. The van der Waals surface area contributed by atoms with Crippen molar-refractivity contribution in [3.8, 4) is 5.88 Å². The monoisotopic (exact) mass is 357 g/mol. The fourth-order valence-electron chi connectivity index (χ4n) is 3.24. The van der Waals surface area contributed by atoms with Crippen molar-refractivity contribution in [2.45, 2.75) is 51.6 Å². The molecule has 140 valence electrons. The minimum Gasteiger partial charge on any atom is -0.477 e. The average Bonchev–Trinajstić information content (AvgIpc) is 3.03. The Morgan fingerprint density at radius 2 is 2.35 bits per heavy atom. The number of rotatable bonds is 7. The first-order chi connectivity index (χ1) is 12.7. The highest BCUT2D eigenvalue weighted by Crippen LogP contribution is 2.29. The summed E-state index contributed by atoms with van der Waals surface area (Å²) in [5, 5.41) is 10.3. The second-order valence-electron chi connectivity index (χ2n) is 6.61. The van der Waals surface area contributed by atoms with Gasteiger partial charge in [-0.3, -0.25) is 4.68 Å². The predicted octanol–water partition coefficient (Wildman–Crippen LogP) is 2.87. The Kier molecular flexibility index (Phi) is 6.09. The van der Waals surface area contributed by atoms with Crippen molar-refractivity contribution < 1.29 is 9.53 Å². The summed E-state index contributed by atoms with van der Waals surface area (Å²) in [4.78, 5) is 16.6. The number of carbonyl (C=O) groups excluding carboxylic acids is 1. The van der Waals surface area contributed by atoms with Gasteiger partial charge in [-0.1, -0.05) is 19.4 Å². The second kappa shape index (κ2) is 8.69. The van der Waals surface area contributed by atoms with E-state index in [9.17, 15) is 4.79 Å². The summed E-state index contributed by atoms with van der Waals surface area (Å²) in [7, 11) is 1.95. The van der Waals surface area contributed by atoms with Crippen molar-refractivity contribution in [2.75, 3.05) is 6.61 Å². The SMILES string of the molecule is CCCCOc1ncccc1CNC(=O)NC1CCCc2c1cnn2C. The summed E-state index contributed by atoms with van der Waals surface area (Å²) in [6.45, 7) is 3.14. The molecule has 2 aromatic rings. The first-order valence-corrected chi connectivity index (χ1v) is 9.31. The van der Waals surface area contributed by atoms with E-state index in [2.05, 4.69) is 27.6 Å². The van der Waals surface area contributed by atoms with Gasteiger partial charge in [0, 0.05) is 36.6 Å². The summed E-state index contributed by atoms with van der Waals surface area (Å²) in [6, 6.07) is 3.61. The van der Waals surface area contributed by atoms with Crippen LogP contribution in [0, 0.1) is 0 Å². The molecular weight excluding hydrogens is 330 g/mol. The Hall–Kier alpha value is -2.57. The number of fused-ring (bicyclic) bond motifs is 1. The third-order valence-electron chi connectivity index (χ3n) is 4.71. The molecule has 2 N–H and O–H groups in total. The molecule has 26 heavy (non-hydrogen) atoms. The van der Waals surface area contributed by atoms with Crippen LogP contribution in [-0.2, 0) is 20.0 Å². The maximum absolute atomic E-state index is 12.4. The zero-order valence-electron chi connectivity index (χ0n) is 15.5. The largest absolute Gasteiger partial charge is 0.477 e. The van der Waals surface area contributed by atoms with Crippen LogP contribution in [0.1, 0.15) is 55.5 Å². The lowest BCUT2D eigenvalue weighted by Gasteiger charge is -2.24. The summed E-state index contributed by atoms with van der Waals surface area (Å²) in [5.74, 6) is 0.591. The number of amides is 2. The molecule has 0 aromatic carbocycles. The van der Waals surface area contributed by atoms with E-state index in [0.717, 1.165) is 43.2 Å². The zero-order valence-corrected chi connectivity index (χ0v) is 15.5. The number of nitrogens with one attached hydrogen (secondary N) is 2. The van der Waals surface area contributed by atoms with Crippen LogP contribution in [0.25, 0.3) is 0 Å². The van der Waals surface area contributed by atoms with Crippen molar-refractivity contribution in [1.82, 2.24) is 25.4 Å². The highest BCUT2D eigenvalue weighted by Gasteiger charge is 2.24. The van der Waals surface area contributed by atoms with E-state index in [1.807, 2.05) is 30.1 Å². The van der Waals surface area contributed by atoms with Crippen molar-refractivity contribution in [2.24, 2.45) is 7.05 Å². The molecule has 2 amide bonds. The summed E-state index contributed by atoms with van der Waals surface area (Å²) in [6.07, 6.45) is 8.62. The molecule has 2 aromatic heterocycles. The number of unbranched alkanes of at least 4 members (excludes halogenated alkanes) is 1. The number of nitrogens with zero attached hydrogens (tertiary/aromatic N) is 3. The molecule has 7 nitrogen and oxygen atoms in total. The van der Waals surface area contributed by atoms with Crippen LogP contribution in [0.3, 0.4) is 0 Å². The molecule has 1 aliphatic carbocycles. The number of urea groups is 1. The van der Waals surface area contributed by atoms with Gasteiger partial charge in [0.05, 0.1) is 18.8 Å². The molecule has 0 saturated heterocycles. The number of hydrogen-bond acceptors (Lipinski definition) is 4. The summed E-state index contributed by atoms with van der Waals surface area (Å²) >= 11 is 0. The lowest BCUT2D eigenvalue weighted by Crippen LogP contribution is -2.38. The van der Waals surface area contributed by atoms with Gasteiger partial charge in [0.15, 0.2) is 0 Å². The molecule has 1 atom stereocenters. The lowest BCUT2D eigenvalue weighted by molar-refractivity contribution is 0.234. The lowest BCUT2D eigenvalue weighted by atomic mass is 9.93. The fourth-order valence-corrected chi connectivity index (χ4v) is 3.24. The van der Waals surface area contributed by atoms with Crippen LogP contribution in [-0.4, -0.2) is 27.4 Å². The number of ether oxygens (including phenoxy) is 1. The predicted molar refractivity (Wildman–Crippen MR) is 98.9 cm³/mol. The fraction of sp³-hybridized carbons (Fsp3) is 0.526. The van der Waals surface area contributed by atoms with E-state index in [1.165, 1.54) is 5.69 Å². The Balaban J connectivity index is 1.55. The third-order valence-corrected chi connectivity index (χ3v) is 4.71. The molecule has 0 fully saturated rings. The molecule has 0 bridgehead atoms. The molecule has 3 rings (SSSR count). The minimum atomic E-state index is -0.185. The van der Waals surface area contributed by atoms with Gasteiger partial charge in [-0.05, 0) is 31.7 Å². The molecule has 1 aliphatic rings. The maximum Gasteiger partial charge on any atom is 0.315 e. The molecule has 0 aliphatic heterocycles. The van der Waals surface area contributed by atoms with Crippen molar-refractivity contribution >= 4 is 6.03 Å². The van der Waals surface area contributed by atoms with E-state index < -0.39 is 0 Å². The molecule has 2 heterocycles. The highest BCUT2D eigenvalue weighted by atomic mass is 16.5. The van der Waals surface area contributed by atoms with Crippen LogP contribution in [0.5, 0.6) is 5.88 Å². The number of pyridine rings is 1. The molecule has 0 spiro atoms. The third kappa shape index (κ3) is 4.33. The van der Waals surface area contributed by atoms with E-state index in [4.69, 9.17) is 4.74 Å². The van der Waals surface area contributed by atoms with Crippen molar-refractivity contribution in [3.05, 3.63) is 41.3 Å². The number of hydrogen-bond donors (Lipinski definition) is 2. The van der Waals surface area contributed by atoms with Gasteiger partial charge in [-0.25, -0.2) is 9.78 Å². The van der Waals surface area contributed by atoms with Crippen LogP contribution < -0.4 is 15.4 Å². The standard InChI is InChI=1S/C19H27N5O2/c1-3-4-11-26-18-14(7-6-10-20-18)12-21-19(25)23-16-8-5-9-17-15(16)13-22-24(17)2/h6-7,10,13,16H,3-5,8-9,11-12H2,1-2H3,(H2,21,23,25). The summed E-state index contributed by atoms with van der Waals surface area (Å²) in [5.41, 5.74) is 3.21. The Bertz CT molecular complexity index is 743. The molecular formula is C19H27N5O2. The van der Waals surface area contributed by atoms with Gasteiger partial charge in [-0.2, -0.15) is 5.10 Å². The molecule has 7 heteroatoms. The minimum absolute atomic E-state index is 0.0154. The number of carbonyl (C=O) groups is 1. The topological polar surface area (TPSA) is 81.1 Å². The molecule has 0 radical (unpaired) electrons. The van der Waals surface area contributed by atoms with E-state index in [1.54, 1.807) is 6.20 Å². The van der Waals surface area contributed by atoms with Gasteiger partial charge < -0.3 is 15.4 Å². The smallest absolute Gasteiger partial charge is 0.315 e. The van der Waals surface area contributed by atoms with Gasteiger partial charge in [0.1, 0.15) is 0 Å². The first kappa shape index (κ1) is 18.2. The van der Waals surface area contributed by atoms with E-state index in [-0.39, 0.29) is 12.1 Å². The Morgan fingerprint density at radius 1 is 1.46 bits per heavy atom. The van der Waals surface area contributed by atoms with Crippen molar-refractivity contribution in [1.29, 1.82) is 0 Å². The highest BCUT2D eigenvalue weighted by molar-refractivity contribution is 5.74. The van der Waals surface area contributed by atoms with Crippen LogP contribution in [0.2, 0.25) is 0 Å². The van der Waals surface area contributed by atoms with Crippen LogP contribution in [0.4, 0.5) is 4.79 Å². The van der Waals surface area contributed by atoms with E-state index in [0.29, 0.717) is 19.0 Å². The van der Waals surface area contributed by atoms with Crippen LogP contribution >= 0.6 is 0 Å². The van der Waals surface area contributed by atoms with Gasteiger partial charge >= 0.3 is 6.03 Å². The average molecular weight is 357 g/mol. The van der Waals surface area contributed by atoms with E-state index >= 15 is 0 Å². The van der Waals surface area contributed by atoms with Crippen molar-refractivity contribution in [3.63, 3.8) is 0 Å². The summed E-state index contributed by atoms with van der Waals surface area (Å²) < 4.78 is 7.61. The first-order valence-electron chi connectivity index (χ1n) is 9.31. The Morgan fingerprint density at radius 3 is 3.19 bits per heavy atom. The van der Waals surface area contributed by atoms with Gasteiger partial charge in [0.25, 0.3) is 0 Å². The maximum atomic E-state index is 12.4.